The van der Waals surface area contributed by atoms with Crippen molar-refractivity contribution >= 4 is 34.4 Å². The molecule has 0 bridgehead atoms. The van der Waals surface area contributed by atoms with Gasteiger partial charge in [-0.2, -0.15) is 0 Å². The fraction of sp³-hybridized carbons (Fsp3) is 0.130. The van der Waals surface area contributed by atoms with E-state index in [4.69, 9.17) is 16.3 Å². The molecule has 3 aromatic rings. The zero-order valence-electron chi connectivity index (χ0n) is 15.3. The summed E-state index contributed by atoms with van der Waals surface area (Å²) in [5.41, 5.74) is 3.63. The maximum Gasteiger partial charge on any atom is 0.328 e. The first-order valence-corrected chi connectivity index (χ1v) is 10.0. The van der Waals surface area contributed by atoms with Crippen LogP contribution in [0.15, 0.2) is 83.8 Å². The Morgan fingerprint density at radius 3 is 2.04 bits per heavy atom. The standard InChI is InChI=1S/C23H19ClO3S/c1-16(25)28-21-13-11-19(12-14-21)18-7-9-20(10-8-18)22(24)23(26)27-15-17-5-3-2-4-6-17/h2-14,22H,15H2,1H3. The fourth-order valence-electron chi connectivity index (χ4n) is 2.66. The molecular weight excluding hydrogens is 392 g/mol. The maximum atomic E-state index is 12.2. The smallest absolute Gasteiger partial charge is 0.328 e. The molecule has 0 heterocycles. The Kier molecular flexibility index (Phi) is 6.90. The molecule has 28 heavy (non-hydrogen) atoms. The van der Waals surface area contributed by atoms with E-state index in [9.17, 15) is 9.59 Å². The summed E-state index contributed by atoms with van der Waals surface area (Å²) >= 11 is 7.49. The molecule has 3 rings (SSSR count). The van der Waals surface area contributed by atoms with Crippen molar-refractivity contribution in [3.63, 3.8) is 0 Å². The predicted molar refractivity (Wildman–Crippen MR) is 113 cm³/mol. The third kappa shape index (κ3) is 5.47. The van der Waals surface area contributed by atoms with Crippen LogP contribution >= 0.6 is 23.4 Å². The number of carbonyl (C=O) groups is 2. The summed E-state index contributed by atoms with van der Waals surface area (Å²) in [6.45, 7) is 1.75. The van der Waals surface area contributed by atoms with E-state index >= 15 is 0 Å². The number of alkyl halides is 1. The van der Waals surface area contributed by atoms with E-state index in [1.54, 1.807) is 6.92 Å². The molecule has 1 atom stereocenters. The van der Waals surface area contributed by atoms with Crippen molar-refractivity contribution < 1.29 is 14.3 Å². The van der Waals surface area contributed by atoms with Gasteiger partial charge >= 0.3 is 5.97 Å². The zero-order valence-corrected chi connectivity index (χ0v) is 16.9. The van der Waals surface area contributed by atoms with E-state index < -0.39 is 11.3 Å². The van der Waals surface area contributed by atoms with Gasteiger partial charge in [0.25, 0.3) is 0 Å². The molecule has 0 aliphatic heterocycles. The maximum absolute atomic E-state index is 12.2. The Morgan fingerprint density at radius 1 is 0.893 bits per heavy atom. The van der Waals surface area contributed by atoms with Crippen molar-refractivity contribution in [1.29, 1.82) is 0 Å². The van der Waals surface area contributed by atoms with E-state index in [0.29, 0.717) is 5.56 Å². The lowest BCUT2D eigenvalue weighted by Gasteiger charge is -2.11. The molecule has 3 aromatic carbocycles. The second-order valence-corrected chi connectivity index (χ2v) is 7.88. The molecule has 0 aliphatic rings. The van der Waals surface area contributed by atoms with Gasteiger partial charge in [-0.3, -0.25) is 9.59 Å². The number of halogens is 1. The molecule has 5 heteroatoms. The molecule has 0 amide bonds. The molecule has 0 N–H and O–H groups in total. The van der Waals surface area contributed by atoms with Crippen molar-refractivity contribution in [2.45, 2.75) is 23.8 Å². The highest BCUT2D eigenvalue weighted by Gasteiger charge is 2.19. The van der Waals surface area contributed by atoms with Crippen molar-refractivity contribution in [3.8, 4) is 11.1 Å². The van der Waals surface area contributed by atoms with Crippen LogP contribution < -0.4 is 0 Å². The van der Waals surface area contributed by atoms with Gasteiger partial charge < -0.3 is 4.74 Å². The van der Waals surface area contributed by atoms with Crippen LogP contribution in [0, 0.1) is 0 Å². The summed E-state index contributed by atoms with van der Waals surface area (Å²) in [4.78, 5) is 24.3. The van der Waals surface area contributed by atoms with Crippen LogP contribution in [0.25, 0.3) is 11.1 Å². The highest BCUT2D eigenvalue weighted by molar-refractivity contribution is 8.13. The zero-order chi connectivity index (χ0) is 19.9. The summed E-state index contributed by atoms with van der Waals surface area (Å²) in [5.74, 6) is -0.469. The Morgan fingerprint density at radius 2 is 1.46 bits per heavy atom. The van der Waals surface area contributed by atoms with Gasteiger partial charge in [-0.05, 0) is 34.4 Å². The number of hydrogen-bond acceptors (Lipinski definition) is 4. The number of thioether (sulfide) groups is 1. The van der Waals surface area contributed by atoms with Crippen molar-refractivity contribution in [2.24, 2.45) is 0 Å². The third-order valence-corrected chi connectivity index (χ3v) is 5.31. The monoisotopic (exact) mass is 410 g/mol. The van der Waals surface area contributed by atoms with Gasteiger partial charge in [-0.1, -0.05) is 78.5 Å². The predicted octanol–water partition coefficient (Wildman–Crippen LogP) is 6.02. The molecule has 1 unspecified atom stereocenters. The normalized spacial score (nSPS) is 11.6. The summed E-state index contributed by atoms with van der Waals surface area (Å²) in [5, 5.41) is -0.795. The summed E-state index contributed by atoms with van der Waals surface area (Å²) < 4.78 is 5.30. The Hall–Kier alpha value is -2.56. The van der Waals surface area contributed by atoms with Crippen LogP contribution in [0.1, 0.15) is 23.4 Å². The minimum absolute atomic E-state index is 0.0596. The van der Waals surface area contributed by atoms with Gasteiger partial charge in [-0.25, -0.2) is 0 Å². The topological polar surface area (TPSA) is 43.4 Å². The summed E-state index contributed by atoms with van der Waals surface area (Å²) in [6, 6.07) is 24.7. The summed E-state index contributed by atoms with van der Waals surface area (Å²) in [6.07, 6.45) is 0. The molecule has 0 radical (unpaired) electrons. The van der Waals surface area contributed by atoms with Crippen LogP contribution in [0.3, 0.4) is 0 Å². The Bertz CT molecular complexity index is 938. The molecule has 0 fully saturated rings. The molecule has 0 saturated carbocycles. The first kappa shape index (κ1) is 20.2. The number of carbonyl (C=O) groups excluding carboxylic acids is 2. The Labute approximate surface area is 173 Å². The number of benzene rings is 3. The molecule has 0 aromatic heterocycles. The van der Waals surface area contributed by atoms with Crippen LogP contribution in [-0.2, 0) is 20.9 Å². The Balaban J connectivity index is 1.62. The highest BCUT2D eigenvalue weighted by atomic mass is 35.5. The number of esters is 1. The van der Waals surface area contributed by atoms with E-state index in [0.717, 1.165) is 21.6 Å². The summed E-state index contributed by atoms with van der Waals surface area (Å²) in [7, 11) is 0. The SMILES string of the molecule is CC(=O)Sc1ccc(-c2ccc(C(Cl)C(=O)OCc3ccccc3)cc2)cc1. The second-order valence-electron chi connectivity index (χ2n) is 6.20. The van der Waals surface area contributed by atoms with Gasteiger partial charge in [0.2, 0.25) is 0 Å². The van der Waals surface area contributed by atoms with Crippen molar-refractivity contribution in [1.82, 2.24) is 0 Å². The van der Waals surface area contributed by atoms with Gasteiger partial charge in [0.05, 0.1) is 0 Å². The lowest BCUT2D eigenvalue weighted by Crippen LogP contribution is -2.11. The minimum atomic E-state index is -0.855. The molecule has 0 aliphatic carbocycles. The van der Waals surface area contributed by atoms with Gasteiger partial charge in [0.15, 0.2) is 10.5 Å². The molecule has 3 nitrogen and oxygen atoms in total. The second kappa shape index (κ2) is 9.58. The average molecular weight is 411 g/mol. The quantitative estimate of drug-likeness (QED) is 0.283. The molecular formula is C23H19ClO3S. The van der Waals surface area contributed by atoms with E-state index in [1.807, 2.05) is 78.9 Å². The van der Waals surface area contributed by atoms with E-state index in [-0.39, 0.29) is 11.7 Å². The van der Waals surface area contributed by atoms with Gasteiger partial charge in [-0.15, -0.1) is 11.6 Å². The molecule has 142 valence electrons. The lowest BCUT2D eigenvalue weighted by molar-refractivity contribution is -0.144. The van der Waals surface area contributed by atoms with Crippen molar-refractivity contribution in [3.05, 3.63) is 90.0 Å². The highest BCUT2D eigenvalue weighted by Crippen LogP contribution is 2.28. The van der Waals surface area contributed by atoms with Gasteiger partial charge in [0, 0.05) is 11.8 Å². The van der Waals surface area contributed by atoms with Crippen LogP contribution in [-0.4, -0.2) is 11.1 Å². The fourth-order valence-corrected chi connectivity index (χ4v) is 3.48. The van der Waals surface area contributed by atoms with Crippen molar-refractivity contribution in [2.75, 3.05) is 0 Å². The van der Waals surface area contributed by atoms with E-state index in [2.05, 4.69) is 0 Å². The van der Waals surface area contributed by atoms with Crippen LogP contribution in [0.2, 0.25) is 0 Å². The first-order chi connectivity index (χ1) is 13.5. The number of rotatable bonds is 6. The average Bonchev–Trinajstić information content (AvgIpc) is 2.72. The van der Waals surface area contributed by atoms with Crippen LogP contribution in [0.5, 0.6) is 0 Å². The molecule has 0 spiro atoms. The number of ether oxygens (including phenoxy) is 1. The first-order valence-electron chi connectivity index (χ1n) is 8.76. The minimum Gasteiger partial charge on any atom is -0.459 e. The third-order valence-electron chi connectivity index (χ3n) is 4.08. The number of hydrogen-bond donors (Lipinski definition) is 0. The van der Waals surface area contributed by atoms with Gasteiger partial charge in [0.1, 0.15) is 6.61 Å². The van der Waals surface area contributed by atoms with E-state index in [1.165, 1.54) is 11.8 Å². The lowest BCUT2D eigenvalue weighted by atomic mass is 10.0. The largest absolute Gasteiger partial charge is 0.459 e. The molecule has 0 saturated heterocycles. The van der Waals surface area contributed by atoms with Crippen LogP contribution in [0.4, 0.5) is 0 Å².